The average molecular weight is 394 g/mol. The van der Waals surface area contributed by atoms with Gasteiger partial charge in [0.25, 0.3) is 0 Å². The van der Waals surface area contributed by atoms with Crippen LogP contribution in [0.2, 0.25) is 0 Å². The first-order chi connectivity index (χ1) is 13.6. The number of nitrogens with one attached hydrogen (secondary N) is 2. The lowest BCUT2D eigenvalue weighted by atomic mass is 9.92. The van der Waals surface area contributed by atoms with Crippen molar-refractivity contribution in [1.29, 1.82) is 0 Å². The van der Waals surface area contributed by atoms with Gasteiger partial charge < -0.3 is 26.2 Å². The molecular formula is C20H35N5O3. The van der Waals surface area contributed by atoms with Crippen LogP contribution in [-0.4, -0.2) is 73.0 Å². The van der Waals surface area contributed by atoms with Crippen LogP contribution in [0, 0.1) is 11.8 Å². The van der Waals surface area contributed by atoms with E-state index in [9.17, 15) is 14.4 Å². The minimum absolute atomic E-state index is 0.0100. The van der Waals surface area contributed by atoms with Gasteiger partial charge in [-0.05, 0) is 38.5 Å². The quantitative estimate of drug-likeness (QED) is 0.638. The molecule has 3 aliphatic rings. The molecule has 2 unspecified atom stereocenters. The Hall–Kier alpha value is -1.83. The third-order valence-corrected chi connectivity index (χ3v) is 6.29. The van der Waals surface area contributed by atoms with E-state index in [4.69, 9.17) is 5.73 Å². The molecule has 1 saturated carbocycles. The van der Waals surface area contributed by atoms with Crippen molar-refractivity contribution in [2.45, 2.75) is 57.4 Å². The van der Waals surface area contributed by atoms with Gasteiger partial charge in [0, 0.05) is 45.3 Å². The maximum Gasteiger partial charge on any atom is 0.317 e. The third-order valence-electron chi connectivity index (χ3n) is 6.29. The van der Waals surface area contributed by atoms with Crippen molar-refractivity contribution >= 4 is 17.8 Å². The van der Waals surface area contributed by atoms with Crippen molar-refractivity contribution in [3.63, 3.8) is 0 Å². The highest BCUT2D eigenvalue weighted by atomic mass is 16.2. The van der Waals surface area contributed by atoms with Gasteiger partial charge in [0.05, 0.1) is 11.8 Å². The summed E-state index contributed by atoms with van der Waals surface area (Å²) in [5, 5.41) is 5.96. The Morgan fingerprint density at radius 2 is 1.50 bits per heavy atom. The zero-order valence-corrected chi connectivity index (χ0v) is 16.8. The van der Waals surface area contributed by atoms with E-state index in [-0.39, 0.29) is 29.7 Å². The number of rotatable bonds is 5. The van der Waals surface area contributed by atoms with Crippen LogP contribution < -0.4 is 16.4 Å². The van der Waals surface area contributed by atoms with E-state index in [1.165, 1.54) is 12.8 Å². The summed E-state index contributed by atoms with van der Waals surface area (Å²) in [6, 6.07) is 0.264. The molecule has 0 aromatic heterocycles. The maximum absolute atomic E-state index is 13.1. The number of likely N-dealkylation sites (tertiary alicyclic amines) is 2. The van der Waals surface area contributed by atoms with E-state index in [1.807, 2.05) is 4.90 Å². The molecule has 2 atom stereocenters. The van der Waals surface area contributed by atoms with Gasteiger partial charge in [-0.15, -0.1) is 0 Å². The molecule has 8 nitrogen and oxygen atoms in total. The summed E-state index contributed by atoms with van der Waals surface area (Å²) in [6.07, 6.45) is 7.79. The normalized spacial score (nSPS) is 26.2. The summed E-state index contributed by atoms with van der Waals surface area (Å²) >= 11 is 0. The zero-order valence-electron chi connectivity index (χ0n) is 16.8. The number of nitrogens with zero attached hydrogens (tertiary/aromatic N) is 2. The molecule has 4 amide bonds. The Morgan fingerprint density at radius 1 is 0.857 bits per heavy atom. The second kappa shape index (κ2) is 10.1. The molecule has 2 aliphatic heterocycles. The van der Waals surface area contributed by atoms with Gasteiger partial charge in [-0.2, -0.15) is 0 Å². The van der Waals surface area contributed by atoms with E-state index >= 15 is 0 Å². The Kier molecular flexibility index (Phi) is 7.53. The van der Waals surface area contributed by atoms with Gasteiger partial charge in [0.2, 0.25) is 11.8 Å². The van der Waals surface area contributed by atoms with Crippen molar-refractivity contribution in [2.75, 3.05) is 39.3 Å². The Bertz CT molecular complexity index is 564. The monoisotopic (exact) mass is 393 g/mol. The lowest BCUT2D eigenvalue weighted by molar-refractivity contribution is -0.140. The number of hydrogen-bond acceptors (Lipinski definition) is 4. The molecule has 2 saturated heterocycles. The SMILES string of the molecule is NCCNC(=O)C1CCCN(C(=O)C2CCCN(C(=O)NC3CCCC3)C2)C1. The first-order valence-corrected chi connectivity index (χ1v) is 10.9. The topological polar surface area (TPSA) is 108 Å². The number of nitrogens with two attached hydrogens (primary N) is 1. The highest BCUT2D eigenvalue weighted by Gasteiger charge is 2.35. The highest BCUT2D eigenvalue weighted by molar-refractivity contribution is 5.83. The van der Waals surface area contributed by atoms with Crippen molar-refractivity contribution in [1.82, 2.24) is 20.4 Å². The number of urea groups is 1. The Labute approximate surface area is 167 Å². The lowest BCUT2D eigenvalue weighted by Crippen LogP contribution is -2.53. The fourth-order valence-electron chi connectivity index (χ4n) is 4.69. The van der Waals surface area contributed by atoms with Crippen LogP contribution in [0.5, 0.6) is 0 Å². The number of carbonyl (C=O) groups is 3. The molecule has 3 rings (SSSR count). The predicted octanol–water partition coefficient (Wildman–Crippen LogP) is 0.664. The number of hydrogen-bond donors (Lipinski definition) is 3. The molecule has 4 N–H and O–H groups in total. The van der Waals surface area contributed by atoms with Crippen LogP contribution in [0.1, 0.15) is 51.4 Å². The van der Waals surface area contributed by atoms with Crippen LogP contribution in [0.25, 0.3) is 0 Å². The fraction of sp³-hybridized carbons (Fsp3) is 0.850. The molecule has 0 aromatic carbocycles. The van der Waals surface area contributed by atoms with Gasteiger partial charge >= 0.3 is 6.03 Å². The van der Waals surface area contributed by atoms with Crippen molar-refractivity contribution < 1.29 is 14.4 Å². The second-order valence-corrected chi connectivity index (χ2v) is 8.42. The number of carbonyl (C=O) groups excluding carboxylic acids is 3. The largest absolute Gasteiger partial charge is 0.355 e. The summed E-state index contributed by atoms with van der Waals surface area (Å²) < 4.78 is 0. The van der Waals surface area contributed by atoms with Gasteiger partial charge in [0.1, 0.15) is 0 Å². The molecule has 158 valence electrons. The van der Waals surface area contributed by atoms with Crippen LogP contribution in [-0.2, 0) is 9.59 Å². The first-order valence-electron chi connectivity index (χ1n) is 10.9. The highest BCUT2D eigenvalue weighted by Crippen LogP contribution is 2.24. The molecule has 3 fully saturated rings. The summed E-state index contributed by atoms with van der Waals surface area (Å²) in [5.74, 6) is -0.234. The summed E-state index contributed by atoms with van der Waals surface area (Å²) in [5.41, 5.74) is 5.45. The minimum Gasteiger partial charge on any atom is -0.355 e. The van der Waals surface area contributed by atoms with Gasteiger partial charge in [-0.3, -0.25) is 9.59 Å². The molecule has 0 radical (unpaired) electrons. The van der Waals surface area contributed by atoms with Crippen LogP contribution in [0.4, 0.5) is 4.79 Å². The van der Waals surface area contributed by atoms with E-state index in [0.29, 0.717) is 45.3 Å². The number of amides is 4. The molecule has 8 heteroatoms. The molecule has 1 aliphatic carbocycles. The van der Waals surface area contributed by atoms with E-state index in [2.05, 4.69) is 10.6 Å². The first kappa shape index (κ1) is 20.9. The van der Waals surface area contributed by atoms with Gasteiger partial charge in [-0.1, -0.05) is 12.8 Å². The molecule has 0 aromatic rings. The van der Waals surface area contributed by atoms with Gasteiger partial charge in [0.15, 0.2) is 0 Å². The van der Waals surface area contributed by atoms with Crippen molar-refractivity contribution in [2.24, 2.45) is 17.6 Å². The molecular weight excluding hydrogens is 358 g/mol. The smallest absolute Gasteiger partial charge is 0.317 e. The van der Waals surface area contributed by atoms with Crippen molar-refractivity contribution in [3.8, 4) is 0 Å². The average Bonchev–Trinajstić information content (AvgIpc) is 3.24. The molecule has 0 bridgehead atoms. The summed E-state index contributed by atoms with van der Waals surface area (Å²) in [7, 11) is 0. The molecule has 28 heavy (non-hydrogen) atoms. The molecule has 0 spiro atoms. The Balaban J connectivity index is 1.51. The van der Waals surface area contributed by atoms with E-state index in [0.717, 1.165) is 38.5 Å². The standard InChI is InChI=1S/C20H35N5O3/c21-9-10-22-18(26)15-5-3-11-24(13-15)19(27)16-6-4-12-25(14-16)20(28)23-17-7-1-2-8-17/h15-17H,1-14,21H2,(H,22,26)(H,23,28). The zero-order chi connectivity index (χ0) is 19.9. The lowest BCUT2D eigenvalue weighted by Gasteiger charge is -2.38. The number of piperidine rings is 2. The Morgan fingerprint density at radius 3 is 2.21 bits per heavy atom. The fourth-order valence-corrected chi connectivity index (χ4v) is 4.69. The van der Waals surface area contributed by atoms with Crippen LogP contribution in [0.15, 0.2) is 0 Å². The molecule has 2 heterocycles. The van der Waals surface area contributed by atoms with Crippen LogP contribution in [0.3, 0.4) is 0 Å². The second-order valence-electron chi connectivity index (χ2n) is 8.42. The maximum atomic E-state index is 13.1. The summed E-state index contributed by atoms with van der Waals surface area (Å²) in [6.45, 7) is 3.26. The predicted molar refractivity (Wildman–Crippen MR) is 106 cm³/mol. The third kappa shape index (κ3) is 5.37. The van der Waals surface area contributed by atoms with E-state index < -0.39 is 0 Å². The van der Waals surface area contributed by atoms with Crippen LogP contribution >= 0.6 is 0 Å². The summed E-state index contributed by atoms with van der Waals surface area (Å²) in [4.78, 5) is 41.5. The minimum atomic E-state index is -0.158. The van der Waals surface area contributed by atoms with E-state index in [1.54, 1.807) is 4.90 Å². The van der Waals surface area contributed by atoms with Crippen molar-refractivity contribution in [3.05, 3.63) is 0 Å². The van der Waals surface area contributed by atoms with Gasteiger partial charge in [-0.25, -0.2) is 4.79 Å².